The molecular formula is C23H29N3O7S. The first-order valence-electron chi connectivity index (χ1n) is 10.8. The van der Waals surface area contributed by atoms with Crippen molar-refractivity contribution in [2.75, 3.05) is 39.2 Å². The van der Waals surface area contributed by atoms with Crippen molar-refractivity contribution in [3.05, 3.63) is 48.0 Å². The summed E-state index contributed by atoms with van der Waals surface area (Å²) in [7, 11) is -0.680. The molecule has 0 saturated carbocycles. The van der Waals surface area contributed by atoms with Gasteiger partial charge in [0.25, 0.3) is 5.91 Å². The van der Waals surface area contributed by atoms with Crippen LogP contribution in [0.4, 0.5) is 5.69 Å². The van der Waals surface area contributed by atoms with Gasteiger partial charge in [0, 0.05) is 43.4 Å². The number of amides is 2. The van der Waals surface area contributed by atoms with Crippen LogP contribution in [0.15, 0.2) is 47.4 Å². The Hall–Kier alpha value is -3.15. The summed E-state index contributed by atoms with van der Waals surface area (Å²) in [5.41, 5.74) is 0.799. The molecule has 2 aromatic rings. The molecule has 3 N–H and O–H groups in total. The number of rotatable bonds is 11. The fraction of sp³-hybridized carbons (Fsp3) is 0.391. The molecule has 1 aliphatic heterocycles. The Morgan fingerprint density at radius 3 is 2.32 bits per heavy atom. The minimum atomic E-state index is -3.66. The van der Waals surface area contributed by atoms with Gasteiger partial charge in [0.2, 0.25) is 15.9 Å². The molecule has 184 valence electrons. The third kappa shape index (κ3) is 7.17. The second kappa shape index (κ2) is 11.8. The average Bonchev–Trinajstić information content (AvgIpc) is 3.36. The maximum Gasteiger partial charge on any atom is 0.251 e. The summed E-state index contributed by atoms with van der Waals surface area (Å²) in [5, 5.41) is 5.36. The predicted octanol–water partition coefficient (Wildman–Crippen LogP) is 1.92. The number of hydrogen-bond donors (Lipinski definition) is 3. The fourth-order valence-electron chi connectivity index (χ4n) is 3.36. The van der Waals surface area contributed by atoms with Crippen LogP contribution in [0.3, 0.4) is 0 Å². The van der Waals surface area contributed by atoms with Crippen molar-refractivity contribution in [1.82, 2.24) is 10.0 Å². The number of sulfonamides is 1. The lowest BCUT2D eigenvalue weighted by atomic mass is 10.2. The Balaban J connectivity index is 1.46. The van der Waals surface area contributed by atoms with Gasteiger partial charge in [0.15, 0.2) is 0 Å². The molecule has 1 fully saturated rings. The van der Waals surface area contributed by atoms with E-state index in [1.54, 1.807) is 18.2 Å². The zero-order valence-corrected chi connectivity index (χ0v) is 19.9. The van der Waals surface area contributed by atoms with Crippen LogP contribution in [0.25, 0.3) is 0 Å². The van der Waals surface area contributed by atoms with Gasteiger partial charge in [0.1, 0.15) is 11.5 Å². The molecule has 1 heterocycles. The van der Waals surface area contributed by atoms with E-state index in [4.69, 9.17) is 14.2 Å². The number of nitrogens with one attached hydrogen (secondary N) is 3. The number of ether oxygens (including phenoxy) is 3. The van der Waals surface area contributed by atoms with Crippen LogP contribution in [0.2, 0.25) is 0 Å². The summed E-state index contributed by atoms with van der Waals surface area (Å²) < 4.78 is 43.1. The summed E-state index contributed by atoms with van der Waals surface area (Å²) in [6.45, 7) is 0.999. The summed E-state index contributed by atoms with van der Waals surface area (Å²) >= 11 is 0. The molecular weight excluding hydrogens is 462 g/mol. The zero-order valence-electron chi connectivity index (χ0n) is 19.1. The maximum absolute atomic E-state index is 12.4. The standard InChI is InChI=1S/C23H29N3O7S/c1-31-19-12-16(13-20(14-19)32-2)23(28)24-10-9-22(27)26-17-5-7-21(8-6-17)34(29,30)25-15-18-4-3-11-33-18/h5-8,12-14,18,25H,3-4,9-11,15H2,1-2H3,(H,24,28)(H,26,27). The minimum absolute atomic E-state index is 0.0375. The highest BCUT2D eigenvalue weighted by atomic mass is 32.2. The van der Waals surface area contributed by atoms with E-state index in [1.807, 2.05) is 0 Å². The molecule has 34 heavy (non-hydrogen) atoms. The molecule has 1 saturated heterocycles. The lowest BCUT2D eigenvalue weighted by Gasteiger charge is -2.12. The quantitative estimate of drug-likeness (QED) is 0.437. The largest absolute Gasteiger partial charge is 0.497 e. The van der Waals surface area contributed by atoms with E-state index in [-0.39, 0.29) is 42.3 Å². The van der Waals surface area contributed by atoms with Crippen LogP contribution in [-0.2, 0) is 19.6 Å². The molecule has 3 rings (SSSR count). The highest BCUT2D eigenvalue weighted by Crippen LogP contribution is 2.22. The normalized spacial score (nSPS) is 15.5. The second-order valence-electron chi connectivity index (χ2n) is 7.67. The molecule has 0 radical (unpaired) electrons. The van der Waals surface area contributed by atoms with Crippen molar-refractivity contribution < 1.29 is 32.2 Å². The van der Waals surface area contributed by atoms with Gasteiger partial charge in [-0.3, -0.25) is 9.59 Å². The highest BCUT2D eigenvalue weighted by Gasteiger charge is 2.20. The molecule has 0 bridgehead atoms. The van der Waals surface area contributed by atoms with E-state index in [0.717, 1.165) is 12.8 Å². The second-order valence-corrected chi connectivity index (χ2v) is 9.43. The van der Waals surface area contributed by atoms with E-state index in [1.165, 1.54) is 38.5 Å². The van der Waals surface area contributed by atoms with E-state index >= 15 is 0 Å². The first-order chi connectivity index (χ1) is 16.3. The molecule has 10 nitrogen and oxygen atoms in total. The summed E-state index contributed by atoms with van der Waals surface area (Å²) in [5.74, 6) is 0.273. The molecule has 1 aliphatic rings. The molecule has 0 spiro atoms. The van der Waals surface area contributed by atoms with Crippen molar-refractivity contribution in [3.63, 3.8) is 0 Å². The van der Waals surface area contributed by atoms with Crippen LogP contribution in [0.1, 0.15) is 29.6 Å². The smallest absolute Gasteiger partial charge is 0.251 e. The number of hydrogen-bond acceptors (Lipinski definition) is 7. The Morgan fingerprint density at radius 2 is 1.74 bits per heavy atom. The first kappa shape index (κ1) is 25.5. The van der Waals surface area contributed by atoms with Gasteiger partial charge in [-0.05, 0) is 49.2 Å². The predicted molar refractivity (Wildman–Crippen MR) is 126 cm³/mol. The average molecular weight is 492 g/mol. The van der Waals surface area contributed by atoms with Gasteiger partial charge < -0.3 is 24.8 Å². The topological polar surface area (TPSA) is 132 Å². The Labute approximate surface area is 199 Å². The molecule has 0 aliphatic carbocycles. The van der Waals surface area contributed by atoms with Crippen LogP contribution >= 0.6 is 0 Å². The van der Waals surface area contributed by atoms with Crippen molar-refractivity contribution in [1.29, 1.82) is 0 Å². The first-order valence-corrected chi connectivity index (χ1v) is 12.3. The molecule has 1 atom stereocenters. The van der Waals surface area contributed by atoms with Gasteiger partial charge in [0.05, 0.1) is 25.2 Å². The van der Waals surface area contributed by atoms with Crippen molar-refractivity contribution in [3.8, 4) is 11.5 Å². The Kier molecular flexibility index (Phi) is 8.85. The van der Waals surface area contributed by atoms with E-state index in [0.29, 0.717) is 29.4 Å². The maximum atomic E-state index is 12.4. The highest BCUT2D eigenvalue weighted by molar-refractivity contribution is 7.89. The summed E-state index contributed by atoms with van der Waals surface area (Å²) in [4.78, 5) is 24.7. The van der Waals surface area contributed by atoms with Crippen LogP contribution in [0.5, 0.6) is 11.5 Å². The Bertz CT molecular complexity index is 1080. The molecule has 0 aromatic heterocycles. The van der Waals surface area contributed by atoms with Crippen molar-refractivity contribution >= 4 is 27.5 Å². The molecule has 11 heteroatoms. The zero-order chi connectivity index (χ0) is 24.6. The monoisotopic (exact) mass is 491 g/mol. The van der Waals surface area contributed by atoms with Gasteiger partial charge in [-0.2, -0.15) is 0 Å². The third-order valence-electron chi connectivity index (χ3n) is 5.22. The lowest BCUT2D eigenvalue weighted by molar-refractivity contribution is -0.116. The van der Waals surface area contributed by atoms with E-state index < -0.39 is 10.0 Å². The van der Waals surface area contributed by atoms with Gasteiger partial charge in [-0.1, -0.05) is 0 Å². The van der Waals surface area contributed by atoms with Gasteiger partial charge in [-0.25, -0.2) is 13.1 Å². The van der Waals surface area contributed by atoms with Crippen LogP contribution in [0, 0.1) is 0 Å². The van der Waals surface area contributed by atoms with Crippen LogP contribution < -0.4 is 24.8 Å². The minimum Gasteiger partial charge on any atom is -0.497 e. The summed E-state index contributed by atoms with van der Waals surface area (Å²) in [6, 6.07) is 10.7. The van der Waals surface area contributed by atoms with Gasteiger partial charge in [-0.15, -0.1) is 0 Å². The molecule has 1 unspecified atom stereocenters. The lowest BCUT2D eigenvalue weighted by Crippen LogP contribution is -2.31. The summed E-state index contributed by atoms with van der Waals surface area (Å²) in [6.07, 6.45) is 1.71. The fourth-order valence-corrected chi connectivity index (χ4v) is 4.43. The molecule has 2 aromatic carbocycles. The van der Waals surface area contributed by atoms with Crippen LogP contribution in [-0.4, -0.2) is 60.3 Å². The number of benzene rings is 2. The van der Waals surface area contributed by atoms with Crippen molar-refractivity contribution in [2.24, 2.45) is 0 Å². The van der Waals surface area contributed by atoms with E-state index in [9.17, 15) is 18.0 Å². The molecule has 2 amide bonds. The number of carbonyl (C=O) groups is 2. The number of methoxy groups -OCH3 is 2. The van der Waals surface area contributed by atoms with E-state index in [2.05, 4.69) is 15.4 Å². The Morgan fingerprint density at radius 1 is 1.06 bits per heavy atom. The van der Waals surface area contributed by atoms with Crippen molar-refractivity contribution in [2.45, 2.75) is 30.3 Å². The van der Waals surface area contributed by atoms with Gasteiger partial charge >= 0.3 is 0 Å². The number of anilines is 1. The SMILES string of the molecule is COc1cc(OC)cc(C(=O)NCCC(=O)Nc2ccc(S(=O)(=O)NCC3CCCO3)cc2)c1. The third-order valence-corrected chi connectivity index (χ3v) is 6.66. The number of carbonyl (C=O) groups excluding carboxylic acids is 2.